The van der Waals surface area contributed by atoms with E-state index >= 15 is 0 Å². The van der Waals surface area contributed by atoms with Crippen molar-refractivity contribution < 1.29 is 13.2 Å². The Morgan fingerprint density at radius 1 is 1.28 bits per heavy atom. The lowest BCUT2D eigenvalue weighted by atomic mass is 9.91. The lowest BCUT2D eigenvalue weighted by Gasteiger charge is -2.37. The molecule has 3 unspecified atom stereocenters. The molecule has 0 bridgehead atoms. The van der Waals surface area contributed by atoms with Gasteiger partial charge < -0.3 is 10.2 Å². The fourth-order valence-corrected chi connectivity index (χ4v) is 3.25. The second-order valence-corrected chi connectivity index (χ2v) is 5.89. The molecule has 0 spiro atoms. The minimum Gasteiger partial charge on any atom is -0.314 e. The van der Waals surface area contributed by atoms with E-state index in [0.29, 0.717) is 24.8 Å². The van der Waals surface area contributed by atoms with Gasteiger partial charge in [-0.25, -0.2) is 0 Å². The van der Waals surface area contributed by atoms with Crippen molar-refractivity contribution in [2.75, 3.05) is 26.2 Å². The van der Waals surface area contributed by atoms with Crippen molar-refractivity contribution in [2.45, 2.75) is 44.8 Å². The first-order valence-corrected chi connectivity index (χ1v) is 6.97. The van der Waals surface area contributed by atoms with Crippen LogP contribution in [0.2, 0.25) is 0 Å². The van der Waals surface area contributed by atoms with E-state index < -0.39 is 12.1 Å². The molecule has 2 nitrogen and oxygen atoms in total. The van der Waals surface area contributed by atoms with Crippen molar-refractivity contribution in [1.82, 2.24) is 10.2 Å². The number of halogens is 3. The van der Waals surface area contributed by atoms with Crippen LogP contribution in [0.15, 0.2) is 0 Å². The van der Waals surface area contributed by atoms with E-state index in [9.17, 15) is 13.2 Å². The SMILES string of the molecule is CC1CC(CN2CCCC(C(F)(F)F)C2)CCN1. The van der Waals surface area contributed by atoms with Crippen LogP contribution in [0.25, 0.3) is 0 Å². The van der Waals surface area contributed by atoms with Gasteiger partial charge in [0.2, 0.25) is 0 Å². The highest BCUT2D eigenvalue weighted by Crippen LogP contribution is 2.33. The molecule has 5 heteroatoms. The summed E-state index contributed by atoms with van der Waals surface area (Å²) in [5.74, 6) is -0.543. The van der Waals surface area contributed by atoms with Gasteiger partial charge >= 0.3 is 6.18 Å². The minimum absolute atomic E-state index is 0.210. The van der Waals surface area contributed by atoms with Crippen LogP contribution in [-0.2, 0) is 0 Å². The maximum absolute atomic E-state index is 12.7. The van der Waals surface area contributed by atoms with Crippen LogP contribution in [0, 0.1) is 11.8 Å². The lowest BCUT2D eigenvalue weighted by molar-refractivity contribution is -0.187. The molecule has 1 N–H and O–H groups in total. The molecule has 0 aromatic heterocycles. The van der Waals surface area contributed by atoms with Crippen LogP contribution in [0.5, 0.6) is 0 Å². The molecule has 0 aromatic carbocycles. The third kappa shape index (κ3) is 3.85. The number of nitrogens with zero attached hydrogens (tertiary/aromatic N) is 1. The topological polar surface area (TPSA) is 15.3 Å². The van der Waals surface area contributed by atoms with Crippen molar-refractivity contribution in [2.24, 2.45) is 11.8 Å². The summed E-state index contributed by atoms with van der Waals surface area (Å²) in [5.41, 5.74) is 0. The van der Waals surface area contributed by atoms with Crippen LogP contribution in [0.3, 0.4) is 0 Å². The molecular weight excluding hydrogens is 241 g/mol. The lowest BCUT2D eigenvalue weighted by Crippen LogP contribution is -2.46. The monoisotopic (exact) mass is 264 g/mol. The standard InChI is InChI=1S/C13H23F3N2/c1-10-7-11(4-5-17-10)8-18-6-2-3-12(9-18)13(14,15)16/h10-12,17H,2-9H2,1H3. The van der Waals surface area contributed by atoms with E-state index in [1.54, 1.807) is 0 Å². The molecule has 2 rings (SSSR count). The molecule has 0 aromatic rings. The van der Waals surface area contributed by atoms with Crippen molar-refractivity contribution in [3.05, 3.63) is 0 Å². The van der Waals surface area contributed by atoms with Crippen LogP contribution >= 0.6 is 0 Å². The molecular formula is C13H23F3N2. The fraction of sp³-hybridized carbons (Fsp3) is 1.00. The first-order valence-electron chi connectivity index (χ1n) is 6.97. The van der Waals surface area contributed by atoms with Gasteiger partial charge in [0.1, 0.15) is 0 Å². The average molecular weight is 264 g/mol. The van der Waals surface area contributed by atoms with Gasteiger partial charge in [-0.1, -0.05) is 0 Å². The summed E-state index contributed by atoms with van der Waals surface area (Å²) >= 11 is 0. The summed E-state index contributed by atoms with van der Waals surface area (Å²) in [5, 5.41) is 3.38. The molecule has 2 aliphatic heterocycles. The number of rotatable bonds is 2. The van der Waals surface area contributed by atoms with E-state index in [4.69, 9.17) is 0 Å². The Labute approximate surface area is 107 Å². The minimum atomic E-state index is -4.01. The van der Waals surface area contributed by atoms with Gasteiger partial charge in [0, 0.05) is 19.1 Å². The quantitative estimate of drug-likeness (QED) is 0.825. The highest BCUT2D eigenvalue weighted by molar-refractivity contribution is 4.82. The first-order chi connectivity index (χ1) is 8.45. The van der Waals surface area contributed by atoms with Gasteiger partial charge in [-0.3, -0.25) is 0 Å². The van der Waals surface area contributed by atoms with Gasteiger partial charge in [-0.2, -0.15) is 13.2 Å². The van der Waals surface area contributed by atoms with Crippen molar-refractivity contribution >= 4 is 0 Å². The van der Waals surface area contributed by atoms with Crippen molar-refractivity contribution in [3.8, 4) is 0 Å². The second kappa shape index (κ2) is 5.78. The van der Waals surface area contributed by atoms with Gasteiger partial charge in [0.05, 0.1) is 5.92 Å². The molecule has 2 fully saturated rings. The van der Waals surface area contributed by atoms with Gasteiger partial charge in [-0.15, -0.1) is 0 Å². The van der Waals surface area contributed by atoms with Crippen LogP contribution < -0.4 is 5.32 Å². The van der Waals surface area contributed by atoms with E-state index in [-0.39, 0.29) is 6.54 Å². The van der Waals surface area contributed by atoms with Gasteiger partial charge in [0.15, 0.2) is 0 Å². The molecule has 3 atom stereocenters. The third-order valence-corrected chi connectivity index (χ3v) is 4.22. The number of piperidine rings is 2. The molecule has 106 valence electrons. The summed E-state index contributed by atoms with van der Waals surface area (Å²) in [6.45, 7) is 5.05. The number of hydrogen-bond acceptors (Lipinski definition) is 2. The highest BCUT2D eigenvalue weighted by Gasteiger charge is 2.41. The Hall–Kier alpha value is -0.290. The maximum Gasteiger partial charge on any atom is 0.393 e. The zero-order chi connectivity index (χ0) is 13.2. The van der Waals surface area contributed by atoms with Gasteiger partial charge in [-0.05, 0) is 51.6 Å². The zero-order valence-corrected chi connectivity index (χ0v) is 11.0. The number of nitrogens with one attached hydrogen (secondary N) is 1. The van der Waals surface area contributed by atoms with E-state index in [2.05, 4.69) is 12.2 Å². The average Bonchev–Trinajstić information content (AvgIpc) is 2.28. The normalized spacial score (nSPS) is 35.7. The molecule has 2 aliphatic rings. The van der Waals surface area contributed by atoms with Crippen molar-refractivity contribution in [3.63, 3.8) is 0 Å². The predicted molar refractivity (Wildman–Crippen MR) is 65.4 cm³/mol. The summed E-state index contributed by atoms with van der Waals surface area (Å²) < 4.78 is 38.2. The number of likely N-dealkylation sites (tertiary alicyclic amines) is 1. The zero-order valence-electron chi connectivity index (χ0n) is 11.0. The van der Waals surface area contributed by atoms with Crippen LogP contribution in [0.1, 0.15) is 32.6 Å². The Kier molecular flexibility index (Phi) is 4.54. The number of alkyl halides is 3. The van der Waals surface area contributed by atoms with Crippen molar-refractivity contribution in [1.29, 1.82) is 0 Å². The predicted octanol–water partition coefficient (Wildman–Crippen LogP) is 2.65. The maximum atomic E-state index is 12.7. The molecule has 18 heavy (non-hydrogen) atoms. The third-order valence-electron chi connectivity index (χ3n) is 4.22. The molecule has 0 aliphatic carbocycles. The largest absolute Gasteiger partial charge is 0.393 e. The fourth-order valence-electron chi connectivity index (χ4n) is 3.25. The van der Waals surface area contributed by atoms with Crippen LogP contribution in [0.4, 0.5) is 13.2 Å². The number of hydrogen-bond donors (Lipinski definition) is 1. The molecule has 2 saturated heterocycles. The first kappa shape index (κ1) is 14.1. The van der Waals surface area contributed by atoms with E-state index in [1.807, 2.05) is 4.90 Å². The molecule has 2 heterocycles. The van der Waals surface area contributed by atoms with E-state index in [0.717, 1.165) is 32.5 Å². The summed E-state index contributed by atoms with van der Waals surface area (Å²) in [7, 11) is 0. The Morgan fingerprint density at radius 2 is 2.06 bits per heavy atom. The summed E-state index contributed by atoms with van der Waals surface area (Å²) in [6.07, 6.45) is -0.835. The Morgan fingerprint density at radius 3 is 2.72 bits per heavy atom. The Bertz CT molecular complexity index is 267. The second-order valence-electron chi connectivity index (χ2n) is 5.89. The van der Waals surface area contributed by atoms with Crippen LogP contribution in [-0.4, -0.2) is 43.3 Å². The highest BCUT2D eigenvalue weighted by atomic mass is 19.4. The molecule has 0 saturated carbocycles. The summed E-state index contributed by atoms with van der Waals surface area (Å²) in [4.78, 5) is 2.03. The smallest absolute Gasteiger partial charge is 0.314 e. The van der Waals surface area contributed by atoms with Gasteiger partial charge in [0.25, 0.3) is 0 Å². The van der Waals surface area contributed by atoms with E-state index in [1.165, 1.54) is 0 Å². The Balaban J connectivity index is 1.82. The molecule has 0 radical (unpaired) electrons. The molecule has 0 amide bonds. The summed E-state index contributed by atoms with van der Waals surface area (Å²) in [6, 6.07) is 0.506.